The molecule has 0 bridgehead atoms. The standard InChI is InChI=1S/C14H18BrN3S/c1-2-11-7-12-13(16-9-17-14(12)19-11)18-6-4-3-5-10(18)8-15/h7,9-10H,2-6,8H2,1H3. The first-order chi connectivity index (χ1) is 9.33. The van der Waals surface area contributed by atoms with Gasteiger partial charge in [0, 0.05) is 22.8 Å². The lowest BCUT2D eigenvalue weighted by molar-refractivity contribution is 0.488. The van der Waals surface area contributed by atoms with Crippen molar-refractivity contribution in [3.63, 3.8) is 0 Å². The van der Waals surface area contributed by atoms with Gasteiger partial charge in [0.1, 0.15) is 17.0 Å². The van der Waals surface area contributed by atoms with Crippen molar-refractivity contribution in [3.05, 3.63) is 17.3 Å². The highest BCUT2D eigenvalue weighted by Gasteiger charge is 2.24. The van der Waals surface area contributed by atoms with Crippen LogP contribution in [0, 0.1) is 0 Å². The first-order valence-corrected chi connectivity index (χ1v) is 8.83. The molecule has 0 radical (unpaired) electrons. The lowest BCUT2D eigenvalue weighted by Crippen LogP contribution is -2.41. The average Bonchev–Trinajstić information content (AvgIpc) is 2.90. The van der Waals surface area contributed by atoms with Gasteiger partial charge in [-0.05, 0) is 31.7 Å². The smallest absolute Gasteiger partial charge is 0.141 e. The number of hydrogen-bond acceptors (Lipinski definition) is 4. The molecule has 102 valence electrons. The summed E-state index contributed by atoms with van der Waals surface area (Å²) < 4.78 is 0. The van der Waals surface area contributed by atoms with Crippen LogP contribution in [0.25, 0.3) is 10.2 Å². The highest BCUT2D eigenvalue weighted by molar-refractivity contribution is 9.09. The minimum absolute atomic E-state index is 0.567. The maximum absolute atomic E-state index is 4.58. The number of anilines is 1. The second-order valence-corrected chi connectivity index (χ2v) is 6.74. The normalized spacial score (nSPS) is 20.1. The molecule has 0 aromatic carbocycles. The van der Waals surface area contributed by atoms with E-state index in [1.165, 1.54) is 29.5 Å². The fourth-order valence-corrected chi connectivity index (χ4v) is 4.34. The van der Waals surface area contributed by atoms with E-state index in [2.05, 4.69) is 43.8 Å². The zero-order valence-corrected chi connectivity index (χ0v) is 13.5. The first-order valence-electron chi connectivity index (χ1n) is 6.89. The Balaban J connectivity index is 2.05. The van der Waals surface area contributed by atoms with Crippen LogP contribution in [-0.2, 0) is 6.42 Å². The molecule has 0 N–H and O–H groups in total. The van der Waals surface area contributed by atoms with Crippen LogP contribution < -0.4 is 4.90 Å². The Morgan fingerprint density at radius 1 is 1.42 bits per heavy atom. The predicted octanol–water partition coefficient (Wildman–Crippen LogP) is 4.01. The summed E-state index contributed by atoms with van der Waals surface area (Å²) in [5.41, 5.74) is 0. The zero-order valence-electron chi connectivity index (χ0n) is 11.1. The van der Waals surface area contributed by atoms with Gasteiger partial charge >= 0.3 is 0 Å². The third-order valence-corrected chi connectivity index (χ3v) is 5.72. The second-order valence-electron chi connectivity index (χ2n) is 4.98. The van der Waals surface area contributed by atoms with E-state index in [-0.39, 0.29) is 0 Å². The van der Waals surface area contributed by atoms with Gasteiger partial charge in [-0.3, -0.25) is 0 Å². The van der Waals surface area contributed by atoms with Crippen molar-refractivity contribution >= 4 is 43.3 Å². The van der Waals surface area contributed by atoms with Gasteiger partial charge in [0.25, 0.3) is 0 Å². The van der Waals surface area contributed by atoms with Crippen molar-refractivity contribution in [1.29, 1.82) is 0 Å². The Hall–Kier alpha value is -0.680. The summed E-state index contributed by atoms with van der Waals surface area (Å²) in [6.07, 6.45) is 6.63. The number of nitrogens with zero attached hydrogens (tertiary/aromatic N) is 3. The van der Waals surface area contributed by atoms with Gasteiger partial charge in [0.05, 0.1) is 5.39 Å². The molecule has 1 aliphatic rings. The average molecular weight is 340 g/mol. The molecule has 1 fully saturated rings. The maximum atomic E-state index is 4.58. The number of thiophene rings is 1. The van der Waals surface area contributed by atoms with E-state index in [9.17, 15) is 0 Å². The largest absolute Gasteiger partial charge is 0.352 e. The summed E-state index contributed by atoms with van der Waals surface area (Å²) in [6.45, 7) is 3.31. The molecular weight excluding hydrogens is 322 g/mol. The van der Waals surface area contributed by atoms with Crippen LogP contribution in [0.4, 0.5) is 5.82 Å². The van der Waals surface area contributed by atoms with Crippen LogP contribution in [0.3, 0.4) is 0 Å². The molecule has 1 atom stereocenters. The van der Waals surface area contributed by atoms with Crippen molar-refractivity contribution in [2.45, 2.75) is 38.6 Å². The van der Waals surface area contributed by atoms with Crippen LogP contribution >= 0.6 is 27.3 Å². The maximum Gasteiger partial charge on any atom is 0.141 e. The molecule has 1 aliphatic heterocycles. The highest BCUT2D eigenvalue weighted by Crippen LogP contribution is 2.33. The van der Waals surface area contributed by atoms with Crippen LogP contribution in [0.1, 0.15) is 31.1 Å². The van der Waals surface area contributed by atoms with Crippen molar-refractivity contribution in [1.82, 2.24) is 9.97 Å². The molecule has 0 amide bonds. The molecule has 19 heavy (non-hydrogen) atoms. The lowest BCUT2D eigenvalue weighted by atomic mass is 10.0. The van der Waals surface area contributed by atoms with Crippen LogP contribution in [0.15, 0.2) is 12.4 Å². The van der Waals surface area contributed by atoms with Crippen LogP contribution in [-0.4, -0.2) is 27.9 Å². The van der Waals surface area contributed by atoms with Crippen molar-refractivity contribution < 1.29 is 0 Å². The molecule has 0 spiro atoms. The topological polar surface area (TPSA) is 29.0 Å². The minimum Gasteiger partial charge on any atom is -0.352 e. The summed E-state index contributed by atoms with van der Waals surface area (Å²) in [4.78, 5) is 14.0. The molecule has 3 nitrogen and oxygen atoms in total. The number of rotatable bonds is 3. The van der Waals surface area contributed by atoms with Gasteiger partial charge < -0.3 is 4.90 Å². The Bertz CT molecular complexity index is 569. The molecule has 0 aliphatic carbocycles. The van der Waals surface area contributed by atoms with E-state index < -0.39 is 0 Å². The van der Waals surface area contributed by atoms with Crippen molar-refractivity contribution in [2.24, 2.45) is 0 Å². The summed E-state index contributed by atoms with van der Waals surface area (Å²) in [7, 11) is 0. The van der Waals surface area contributed by atoms with E-state index in [4.69, 9.17) is 0 Å². The zero-order chi connectivity index (χ0) is 13.2. The fourth-order valence-electron chi connectivity index (χ4n) is 2.74. The van der Waals surface area contributed by atoms with Gasteiger partial charge in [-0.1, -0.05) is 22.9 Å². The molecule has 2 aromatic rings. The Morgan fingerprint density at radius 3 is 3.11 bits per heavy atom. The number of aromatic nitrogens is 2. The molecule has 1 unspecified atom stereocenters. The number of halogens is 1. The summed E-state index contributed by atoms with van der Waals surface area (Å²) in [5.74, 6) is 1.13. The van der Waals surface area contributed by atoms with E-state index in [1.54, 1.807) is 17.7 Å². The third-order valence-electron chi connectivity index (χ3n) is 3.79. The minimum atomic E-state index is 0.567. The van der Waals surface area contributed by atoms with E-state index in [0.717, 1.165) is 28.9 Å². The van der Waals surface area contributed by atoms with Gasteiger partial charge in [-0.15, -0.1) is 11.3 Å². The fraction of sp³-hybridized carbons (Fsp3) is 0.571. The van der Waals surface area contributed by atoms with Crippen LogP contribution in [0.5, 0.6) is 0 Å². The monoisotopic (exact) mass is 339 g/mol. The van der Waals surface area contributed by atoms with Gasteiger partial charge in [0.15, 0.2) is 0 Å². The Kier molecular flexibility index (Phi) is 4.03. The molecule has 1 saturated heterocycles. The number of hydrogen-bond donors (Lipinski definition) is 0. The van der Waals surface area contributed by atoms with E-state index in [1.807, 2.05) is 0 Å². The lowest BCUT2D eigenvalue weighted by Gasteiger charge is -2.35. The quantitative estimate of drug-likeness (QED) is 0.791. The highest BCUT2D eigenvalue weighted by atomic mass is 79.9. The van der Waals surface area contributed by atoms with Gasteiger partial charge in [-0.25, -0.2) is 9.97 Å². The summed E-state index contributed by atoms with van der Waals surface area (Å²) in [5, 5.41) is 2.25. The Morgan fingerprint density at radius 2 is 2.32 bits per heavy atom. The predicted molar refractivity (Wildman–Crippen MR) is 85.6 cm³/mol. The number of alkyl halides is 1. The second kappa shape index (κ2) is 5.75. The van der Waals surface area contributed by atoms with Gasteiger partial charge in [-0.2, -0.15) is 0 Å². The summed E-state index contributed by atoms with van der Waals surface area (Å²) in [6, 6.07) is 2.84. The van der Waals surface area contributed by atoms with Crippen molar-refractivity contribution in [2.75, 3.05) is 16.8 Å². The number of aryl methyl sites for hydroxylation is 1. The SMILES string of the molecule is CCc1cc2c(N3CCCCC3CBr)ncnc2s1. The molecule has 3 rings (SSSR count). The Labute approximate surface area is 126 Å². The molecule has 0 saturated carbocycles. The molecule has 2 aromatic heterocycles. The first kappa shape index (κ1) is 13.3. The summed E-state index contributed by atoms with van der Waals surface area (Å²) >= 11 is 5.44. The molecule has 3 heterocycles. The molecule has 5 heteroatoms. The number of piperidine rings is 1. The molecular formula is C14H18BrN3S. The third kappa shape index (κ3) is 2.50. The van der Waals surface area contributed by atoms with Crippen molar-refractivity contribution in [3.8, 4) is 0 Å². The van der Waals surface area contributed by atoms with E-state index in [0.29, 0.717) is 6.04 Å². The van der Waals surface area contributed by atoms with Crippen LogP contribution in [0.2, 0.25) is 0 Å². The van der Waals surface area contributed by atoms with E-state index >= 15 is 0 Å². The van der Waals surface area contributed by atoms with Gasteiger partial charge in [0.2, 0.25) is 0 Å². The number of fused-ring (bicyclic) bond motifs is 1.